The second-order valence-electron chi connectivity index (χ2n) is 7.64. The van der Waals surface area contributed by atoms with E-state index in [1.807, 2.05) is 54.6 Å². The molecule has 1 aromatic carbocycles. The van der Waals surface area contributed by atoms with Crippen molar-refractivity contribution in [2.24, 2.45) is 0 Å². The molecule has 6 heteroatoms. The van der Waals surface area contributed by atoms with Gasteiger partial charge >= 0.3 is 0 Å². The molecule has 0 saturated heterocycles. The van der Waals surface area contributed by atoms with Crippen molar-refractivity contribution in [3.05, 3.63) is 95.8 Å². The van der Waals surface area contributed by atoms with E-state index in [0.29, 0.717) is 0 Å². The molecule has 0 fully saturated rings. The molecule has 4 nitrogen and oxygen atoms in total. The van der Waals surface area contributed by atoms with Crippen molar-refractivity contribution < 1.29 is 21.1 Å². The van der Waals surface area contributed by atoms with E-state index in [1.54, 1.807) is 17.5 Å². The van der Waals surface area contributed by atoms with Crippen molar-refractivity contribution in [3.63, 3.8) is 0 Å². The topological polar surface area (TPSA) is 51.6 Å². The van der Waals surface area contributed by atoms with Crippen LogP contribution in [0, 0.1) is 0 Å². The number of para-hydroxylation sites is 1. The SMILES string of the molecule is CC(C)(c1cccc(-c2cccc(-c3ccccn3)n2)n1)c1nc2ccccc2s1.[Pt]. The van der Waals surface area contributed by atoms with Crippen molar-refractivity contribution in [2.45, 2.75) is 19.3 Å². The Labute approximate surface area is 199 Å². The molecule has 4 heterocycles. The predicted molar refractivity (Wildman–Crippen MR) is 122 cm³/mol. The first-order valence-corrected chi connectivity index (χ1v) is 10.7. The van der Waals surface area contributed by atoms with Gasteiger partial charge in [-0.15, -0.1) is 11.3 Å². The second kappa shape index (κ2) is 8.78. The van der Waals surface area contributed by atoms with E-state index in [4.69, 9.17) is 15.0 Å². The van der Waals surface area contributed by atoms with E-state index < -0.39 is 0 Å². The predicted octanol–water partition coefficient (Wildman–Crippen LogP) is 6.14. The number of rotatable bonds is 4. The van der Waals surface area contributed by atoms with Gasteiger partial charge < -0.3 is 0 Å². The second-order valence-corrected chi connectivity index (χ2v) is 8.67. The van der Waals surface area contributed by atoms with Gasteiger partial charge in [-0.1, -0.05) is 30.3 Å². The monoisotopic (exact) mass is 603 g/mol. The Hall–Kier alpha value is -2.75. The Balaban J connectivity index is 0.00000231. The van der Waals surface area contributed by atoms with Gasteiger partial charge in [-0.05, 0) is 62.4 Å². The van der Waals surface area contributed by atoms with Crippen LogP contribution in [0.4, 0.5) is 0 Å². The summed E-state index contributed by atoms with van der Waals surface area (Å²) in [6, 6.07) is 26.2. The van der Waals surface area contributed by atoms with Crippen molar-refractivity contribution in [1.29, 1.82) is 0 Å². The molecule has 0 N–H and O–H groups in total. The first kappa shape index (κ1) is 21.5. The normalized spacial score (nSPS) is 11.3. The Kier molecular flexibility index (Phi) is 6.08. The van der Waals surface area contributed by atoms with Gasteiger partial charge in [0.2, 0.25) is 0 Å². The molecule has 0 bridgehead atoms. The Morgan fingerprint density at radius 3 is 2.03 bits per heavy atom. The van der Waals surface area contributed by atoms with Gasteiger partial charge in [0.15, 0.2) is 0 Å². The van der Waals surface area contributed by atoms with E-state index >= 15 is 0 Å². The fourth-order valence-electron chi connectivity index (χ4n) is 3.41. The Morgan fingerprint density at radius 1 is 0.645 bits per heavy atom. The summed E-state index contributed by atoms with van der Waals surface area (Å²) in [7, 11) is 0. The van der Waals surface area contributed by atoms with Crippen LogP contribution in [0.3, 0.4) is 0 Å². The van der Waals surface area contributed by atoms with Crippen LogP contribution in [-0.2, 0) is 26.5 Å². The molecule has 0 spiro atoms. The van der Waals surface area contributed by atoms with Crippen LogP contribution in [0.25, 0.3) is 33.0 Å². The zero-order chi connectivity index (χ0) is 20.6. The Morgan fingerprint density at radius 2 is 1.29 bits per heavy atom. The van der Waals surface area contributed by atoms with Crippen molar-refractivity contribution >= 4 is 21.6 Å². The fraction of sp³-hybridized carbons (Fsp3) is 0.120. The van der Waals surface area contributed by atoms with E-state index in [1.165, 1.54) is 4.70 Å². The van der Waals surface area contributed by atoms with Crippen LogP contribution >= 0.6 is 11.3 Å². The molecule has 156 valence electrons. The summed E-state index contributed by atoms with van der Waals surface area (Å²) in [6.07, 6.45) is 1.78. The van der Waals surface area contributed by atoms with Gasteiger partial charge in [-0.2, -0.15) is 0 Å². The number of pyridine rings is 3. The minimum Gasteiger partial charge on any atom is -0.255 e. The minimum atomic E-state index is -0.307. The van der Waals surface area contributed by atoms with Gasteiger partial charge in [0, 0.05) is 27.3 Å². The summed E-state index contributed by atoms with van der Waals surface area (Å²) >= 11 is 1.73. The number of aromatic nitrogens is 4. The zero-order valence-electron chi connectivity index (χ0n) is 17.1. The number of benzene rings is 1. The van der Waals surface area contributed by atoms with Gasteiger partial charge in [0.1, 0.15) is 5.01 Å². The first-order chi connectivity index (χ1) is 14.6. The fourth-order valence-corrected chi connectivity index (χ4v) is 4.49. The quantitative estimate of drug-likeness (QED) is 0.248. The molecule has 0 amide bonds. The van der Waals surface area contributed by atoms with Crippen LogP contribution in [0.1, 0.15) is 24.5 Å². The number of hydrogen-bond donors (Lipinski definition) is 0. The molecule has 5 rings (SSSR count). The van der Waals surface area contributed by atoms with Gasteiger partial charge in [-0.3, -0.25) is 9.97 Å². The van der Waals surface area contributed by atoms with Crippen LogP contribution in [0.15, 0.2) is 85.1 Å². The average molecular weight is 604 g/mol. The van der Waals surface area contributed by atoms with Crippen molar-refractivity contribution in [2.75, 3.05) is 0 Å². The van der Waals surface area contributed by atoms with Crippen LogP contribution in [0.5, 0.6) is 0 Å². The van der Waals surface area contributed by atoms with E-state index in [0.717, 1.165) is 39.0 Å². The maximum Gasteiger partial charge on any atom is 0.105 e. The van der Waals surface area contributed by atoms with Gasteiger partial charge in [0.25, 0.3) is 0 Å². The van der Waals surface area contributed by atoms with Crippen molar-refractivity contribution in [1.82, 2.24) is 19.9 Å². The molecule has 0 atom stereocenters. The molecular weight excluding hydrogens is 583 g/mol. The Bertz CT molecular complexity index is 1300. The third-order valence-corrected chi connectivity index (χ3v) is 6.52. The van der Waals surface area contributed by atoms with Gasteiger partial charge in [0.05, 0.1) is 44.1 Å². The molecule has 0 unspecified atom stereocenters. The zero-order valence-corrected chi connectivity index (χ0v) is 20.2. The summed E-state index contributed by atoms with van der Waals surface area (Å²) in [6.45, 7) is 4.35. The molecular formula is C25H20N4PtS. The summed E-state index contributed by atoms with van der Waals surface area (Å²) < 4.78 is 1.20. The third-order valence-electron chi connectivity index (χ3n) is 5.16. The smallest absolute Gasteiger partial charge is 0.105 e. The summed E-state index contributed by atoms with van der Waals surface area (Å²) in [4.78, 5) is 19.1. The molecule has 5 aromatic rings. The molecule has 0 saturated carbocycles. The third kappa shape index (κ3) is 4.21. The number of nitrogens with zero attached hydrogens (tertiary/aromatic N) is 4. The molecule has 31 heavy (non-hydrogen) atoms. The summed E-state index contributed by atoms with van der Waals surface area (Å²) in [5.41, 5.74) is 5.07. The number of thiazole rings is 1. The standard InChI is InChI=1S/C25H20N4S.Pt/c1-25(2,24-29-21-10-3-4-14-22(21)30-24)23-15-8-13-20(28-23)19-12-7-11-18(27-19)17-9-5-6-16-26-17;/h3-16H,1-2H3;. The molecule has 0 aliphatic rings. The summed E-state index contributed by atoms with van der Waals surface area (Å²) in [5.74, 6) is 0. The van der Waals surface area contributed by atoms with E-state index in [2.05, 4.69) is 43.1 Å². The first-order valence-electron chi connectivity index (χ1n) is 9.84. The van der Waals surface area contributed by atoms with Gasteiger partial charge in [-0.25, -0.2) is 9.97 Å². The molecule has 4 aromatic heterocycles. The largest absolute Gasteiger partial charge is 0.255 e. The molecule has 0 radical (unpaired) electrons. The summed E-state index contributed by atoms with van der Waals surface area (Å²) in [5, 5.41) is 1.06. The maximum absolute atomic E-state index is 4.98. The van der Waals surface area contributed by atoms with Crippen LogP contribution in [-0.4, -0.2) is 19.9 Å². The van der Waals surface area contributed by atoms with E-state index in [9.17, 15) is 0 Å². The van der Waals surface area contributed by atoms with Crippen LogP contribution < -0.4 is 0 Å². The number of hydrogen-bond acceptors (Lipinski definition) is 5. The van der Waals surface area contributed by atoms with Crippen LogP contribution in [0.2, 0.25) is 0 Å². The molecule has 0 aliphatic carbocycles. The van der Waals surface area contributed by atoms with E-state index in [-0.39, 0.29) is 26.5 Å². The molecule has 0 aliphatic heterocycles. The van der Waals surface area contributed by atoms with Crippen molar-refractivity contribution in [3.8, 4) is 22.8 Å². The average Bonchev–Trinajstić information content (AvgIpc) is 3.25. The maximum atomic E-state index is 4.98. The minimum absolute atomic E-state index is 0. The number of fused-ring (bicyclic) bond motifs is 1.